The molecule has 4 nitrogen and oxygen atoms in total. The van der Waals surface area contributed by atoms with Gasteiger partial charge in [0.05, 0.1) is 0 Å². The van der Waals surface area contributed by atoms with Crippen LogP contribution < -0.4 is 10.6 Å². The van der Waals surface area contributed by atoms with Crippen molar-refractivity contribution in [1.82, 2.24) is 20.7 Å². The van der Waals surface area contributed by atoms with Gasteiger partial charge in [-0.25, -0.2) is 10.0 Å². The first-order chi connectivity index (χ1) is 8.91. The Balaban J connectivity index is 2.15. The van der Waals surface area contributed by atoms with Crippen molar-refractivity contribution in [3.05, 3.63) is 0 Å². The van der Waals surface area contributed by atoms with Crippen LogP contribution in [-0.4, -0.2) is 61.4 Å². The lowest BCUT2D eigenvalue weighted by Crippen LogP contribution is -2.68. The fourth-order valence-corrected chi connectivity index (χ4v) is 3.37. The van der Waals surface area contributed by atoms with E-state index in [-0.39, 0.29) is 0 Å². The van der Waals surface area contributed by atoms with E-state index in [1.165, 1.54) is 0 Å². The molecule has 0 bridgehead atoms. The van der Waals surface area contributed by atoms with Crippen LogP contribution in [0.4, 0.5) is 0 Å². The molecule has 2 aliphatic heterocycles. The highest BCUT2D eigenvalue weighted by Gasteiger charge is 2.39. The molecule has 19 heavy (non-hydrogen) atoms. The molecule has 2 unspecified atom stereocenters. The van der Waals surface area contributed by atoms with E-state index < -0.39 is 0 Å². The van der Waals surface area contributed by atoms with Gasteiger partial charge in [0.25, 0.3) is 0 Å². The minimum absolute atomic E-state index is 0.319. The topological polar surface area (TPSA) is 30.5 Å². The Kier molecular flexibility index (Phi) is 4.88. The van der Waals surface area contributed by atoms with Crippen molar-refractivity contribution < 1.29 is 0 Å². The lowest BCUT2D eigenvalue weighted by atomic mass is 9.85. The summed E-state index contributed by atoms with van der Waals surface area (Å²) in [6, 6.07) is 1.23. The number of piperazine rings is 2. The van der Waals surface area contributed by atoms with E-state index in [0.29, 0.717) is 23.4 Å². The highest BCUT2D eigenvalue weighted by atomic mass is 15.7. The predicted molar refractivity (Wildman–Crippen MR) is 81.0 cm³/mol. The maximum atomic E-state index is 3.57. The fraction of sp³-hybridized carbons (Fsp3) is 1.00. The summed E-state index contributed by atoms with van der Waals surface area (Å²) in [5.41, 5.74) is 0.319. The molecule has 0 aromatic carbocycles. The Bertz CT molecular complexity index is 284. The number of hydrogen-bond acceptors (Lipinski definition) is 4. The molecule has 2 N–H and O–H groups in total. The summed E-state index contributed by atoms with van der Waals surface area (Å²) in [7, 11) is 0. The third-order valence-corrected chi connectivity index (χ3v) is 4.57. The SMILES string of the molecule is CC(C)C1CNCCN1N1CCNCC1C(C)(C)C. The van der Waals surface area contributed by atoms with Crippen LogP contribution in [0.5, 0.6) is 0 Å². The minimum Gasteiger partial charge on any atom is -0.314 e. The molecular weight excluding hydrogens is 236 g/mol. The Labute approximate surface area is 118 Å². The first-order valence-electron chi connectivity index (χ1n) is 7.86. The van der Waals surface area contributed by atoms with E-state index >= 15 is 0 Å². The minimum atomic E-state index is 0.319. The average molecular weight is 268 g/mol. The van der Waals surface area contributed by atoms with Crippen LogP contribution in [0.3, 0.4) is 0 Å². The summed E-state index contributed by atoms with van der Waals surface area (Å²) in [5.74, 6) is 0.698. The van der Waals surface area contributed by atoms with Gasteiger partial charge in [-0.15, -0.1) is 0 Å². The van der Waals surface area contributed by atoms with Crippen molar-refractivity contribution in [2.24, 2.45) is 11.3 Å². The van der Waals surface area contributed by atoms with Gasteiger partial charge in [-0.1, -0.05) is 34.6 Å². The molecule has 2 aliphatic rings. The second kappa shape index (κ2) is 6.08. The highest BCUT2D eigenvalue weighted by molar-refractivity contribution is 4.91. The summed E-state index contributed by atoms with van der Waals surface area (Å²) in [4.78, 5) is 0. The van der Waals surface area contributed by atoms with Crippen LogP contribution in [0.15, 0.2) is 0 Å². The smallest absolute Gasteiger partial charge is 0.0419 e. The van der Waals surface area contributed by atoms with Gasteiger partial charge in [-0.2, -0.15) is 0 Å². The number of hydrogen-bond donors (Lipinski definition) is 2. The van der Waals surface area contributed by atoms with Crippen LogP contribution >= 0.6 is 0 Å². The lowest BCUT2D eigenvalue weighted by Gasteiger charge is -2.53. The monoisotopic (exact) mass is 268 g/mol. The highest BCUT2D eigenvalue weighted by Crippen LogP contribution is 2.28. The molecule has 0 saturated carbocycles. The quantitative estimate of drug-likeness (QED) is 0.786. The van der Waals surface area contributed by atoms with Gasteiger partial charge in [-0.3, -0.25) is 0 Å². The molecule has 2 heterocycles. The van der Waals surface area contributed by atoms with Gasteiger partial charge >= 0.3 is 0 Å². The first-order valence-corrected chi connectivity index (χ1v) is 7.86. The second-order valence-electron chi connectivity index (χ2n) is 7.43. The molecule has 0 aromatic rings. The first kappa shape index (κ1) is 15.2. The van der Waals surface area contributed by atoms with Crippen molar-refractivity contribution in [2.45, 2.75) is 46.7 Å². The summed E-state index contributed by atoms with van der Waals surface area (Å²) >= 11 is 0. The van der Waals surface area contributed by atoms with Crippen LogP contribution in [0.1, 0.15) is 34.6 Å². The lowest BCUT2D eigenvalue weighted by molar-refractivity contribution is -0.142. The number of rotatable bonds is 2. The summed E-state index contributed by atoms with van der Waals surface area (Å²) in [6.45, 7) is 18.5. The molecule has 2 atom stereocenters. The Morgan fingerprint density at radius 1 is 0.947 bits per heavy atom. The zero-order valence-corrected chi connectivity index (χ0v) is 13.4. The Hall–Kier alpha value is -0.160. The zero-order valence-electron chi connectivity index (χ0n) is 13.4. The van der Waals surface area contributed by atoms with Crippen LogP contribution in [-0.2, 0) is 0 Å². The summed E-state index contributed by atoms with van der Waals surface area (Å²) in [6.07, 6.45) is 0. The Morgan fingerprint density at radius 2 is 1.53 bits per heavy atom. The van der Waals surface area contributed by atoms with Crippen molar-refractivity contribution >= 4 is 0 Å². The normalized spacial score (nSPS) is 31.9. The number of nitrogens with one attached hydrogen (secondary N) is 2. The second-order valence-corrected chi connectivity index (χ2v) is 7.43. The Morgan fingerprint density at radius 3 is 2.11 bits per heavy atom. The molecule has 2 saturated heterocycles. The number of nitrogens with zero attached hydrogens (tertiary/aromatic N) is 2. The third-order valence-electron chi connectivity index (χ3n) is 4.57. The molecule has 0 amide bonds. The van der Waals surface area contributed by atoms with E-state index in [0.717, 1.165) is 39.3 Å². The molecule has 2 rings (SSSR count). The molecular formula is C15H32N4. The van der Waals surface area contributed by atoms with Gasteiger partial charge in [0.2, 0.25) is 0 Å². The standard InChI is InChI=1S/C15H32N4/c1-12(2)13-10-16-6-8-18(13)19-9-7-17-11-14(19)15(3,4)5/h12-14,16-17H,6-11H2,1-5H3. The van der Waals surface area contributed by atoms with E-state index in [4.69, 9.17) is 0 Å². The van der Waals surface area contributed by atoms with Crippen LogP contribution in [0.25, 0.3) is 0 Å². The van der Waals surface area contributed by atoms with E-state index in [2.05, 4.69) is 55.3 Å². The molecule has 0 radical (unpaired) electrons. The maximum absolute atomic E-state index is 3.57. The van der Waals surface area contributed by atoms with Crippen molar-refractivity contribution in [2.75, 3.05) is 39.3 Å². The summed E-state index contributed by atoms with van der Waals surface area (Å²) < 4.78 is 0. The van der Waals surface area contributed by atoms with Crippen molar-refractivity contribution in [3.63, 3.8) is 0 Å². The van der Waals surface area contributed by atoms with Crippen LogP contribution in [0, 0.1) is 11.3 Å². The fourth-order valence-electron chi connectivity index (χ4n) is 3.37. The molecule has 0 aromatic heterocycles. The molecule has 0 aliphatic carbocycles. The summed E-state index contributed by atoms with van der Waals surface area (Å²) in [5, 5.41) is 12.5. The molecule has 2 fully saturated rings. The largest absolute Gasteiger partial charge is 0.314 e. The maximum Gasteiger partial charge on any atom is 0.0419 e. The van der Waals surface area contributed by atoms with Gasteiger partial charge in [0, 0.05) is 51.4 Å². The van der Waals surface area contributed by atoms with Crippen LogP contribution in [0.2, 0.25) is 0 Å². The van der Waals surface area contributed by atoms with E-state index in [1.807, 2.05) is 0 Å². The van der Waals surface area contributed by atoms with Gasteiger partial charge in [0.15, 0.2) is 0 Å². The average Bonchev–Trinajstić information content (AvgIpc) is 2.37. The number of hydrazine groups is 1. The van der Waals surface area contributed by atoms with E-state index in [1.54, 1.807) is 0 Å². The van der Waals surface area contributed by atoms with Gasteiger partial charge in [-0.05, 0) is 11.3 Å². The van der Waals surface area contributed by atoms with Crippen molar-refractivity contribution in [3.8, 4) is 0 Å². The van der Waals surface area contributed by atoms with Crippen molar-refractivity contribution in [1.29, 1.82) is 0 Å². The zero-order chi connectivity index (χ0) is 14.0. The molecule has 112 valence electrons. The molecule has 4 heteroatoms. The van der Waals surface area contributed by atoms with Gasteiger partial charge in [0.1, 0.15) is 0 Å². The van der Waals surface area contributed by atoms with E-state index in [9.17, 15) is 0 Å². The third kappa shape index (κ3) is 3.48. The molecule has 0 spiro atoms. The predicted octanol–water partition coefficient (Wildman–Crippen LogP) is 1.15. The van der Waals surface area contributed by atoms with Gasteiger partial charge < -0.3 is 10.6 Å².